The van der Waals surface area contributed by atoms with Crippen molar-refractivity contribution in [3.8, 4) is 16.9 Å². The number of fused-ring (bicyclic) bond motifs is 1. The molecule has 0 spiro atoms. The van der Waals surface area contributed by atoms with Gasteiger partial charge in [0.1, 0.15) is 5.75 Å². The van der Waals surface area contributed by atoms with Crippen LogP contribution in [0.5, 0.6) is 5.75 Å². The topological polar surface area (TPSA) is 26.3 Å². The molecular weight excluding hydrogens is 385 g/mol. The van der Waals surface area contributed by atoms with E-state index < -0.39 is 16.5 Å². The summed E-state index contributed by atoms with van der Waals surface area (Å²) in [6, 6.07) is 11.0. The fourth-order valence-corrected chi connectivity index (χ4v) is 4.10. The molecular formula is C22H21F3O2S. The van der Waals surface area contributed by atoms with Gasteiger partial charge in [0.05, 0.1) is 12.7 Å². The van der Waals surface area contributed by atoms with Crippen LogP contribution in [0.2, 0.25) is 0 Å². The molecule has 0 saturated heterocycles. The second-order valence-electron chi connectivity index (χ2n) is 6.69. The van der Waals surface area contributed by atoms with Crippen molar-refractivity contribution in [2.75, 3.05) is 7.11 Å². The van der Waals surface area contributed by atoms with Crippen LogP contribution in [0.4, 0.5) is 13.2 Å². The van der Waals surface area contributed by atoms with Crippen LogP contribution in [0.25, 0.3) is 21.2 Å². The molecule has 0 saturated carbocycles. The molecule has 3 aromatic rings. The van der Waals surface area contributed by atoms with E-state index in [1.54, 1.807) is 24.3 Å². The average Bonchev–Trinajstić information content (AvgIpc) is 2.66. The first-order valence-corrected chi connectivity index (χ1v) is 9.97. The largest absolute Gasteiger partial charge is 0.497 e. The molecule has 0 aliphatic rings. The van der Waals surface area contributed by atoms with Crippen LogP contribution in [0.15, 0.2) is 47.3 Å². The van der Waals surface area contributed by atoms with Gasteiger partial charge in [0.15, 0.2) is 0 Å². The summed E-state index contributed by atoms with van der Waals surface area (Å²) in [7, 11) is 1.52. The summed E-state index contributed by atoms with van der Waals surface area (Å²) in [4.78, 5) is 12.6. The van der Waals surface area contributed by atoms with E-state index in [0.717, 1.165) is 30.6 Å². The molecule has 0 amide bonds. The van der Waals surface area contributed by atoms with Crippen molar-refractivity contribution in [1.29, 1.82) is 0 Å². The van der Waals surface area contributed by atoms with Gasteiger partial charge >= 0.3 is 6.18 Å². The summed E-state index contributed by atoms with van der Waals surface area (Å²) in [5.41, 5.74) is -0.0920. The Morgan fingerprint density at radius 3 is 2.46 bits per heavy atom. The summed E-state index contributed by atoms with van der Waals surface area (Å²) in [6.07, 6.45) is -1.10. The Hall–Kier alpha value is -2.34. The lowest BCUT2D eigenvalue weighted by molar-refractivity contribution is -0.137. The molecule has 1 aromatic heterocycles. The average molecular weight is 406 g/mol. The number of benzene rings is 2. The normalized spacial score (nSPS) is 11.8. The van der Waals surface area contributed by atoms with Crippen LogP contribution in [0, 0.1) is 0 Å². The highest BCUT2D eigenvalue weighted by molar-refractivity contribution is 7.16. The molecule has 0 fully saturated rings. The Morgan fingerprint density at radius 2 is 1.79 bits per heavy atom. The zero-order valence-electron chi connectivity index (χ0n) is 15.7. The molecule has 0 atom stereocenters. The van der Waals surface area contributed by atoms with Gasteiger partial charge in [0, 0.05) is 10.3 Å². The van der Waals surface area contributed by atoms with Crippen LogP contribution in [-0.2, 0) is 12.6 Å². The lowest BCUT2D eigenvalue weighted by atomic mass is 9.96. The van der Waals surface area contributed by atoms with E-state index in [4.69, 9.17) is 4.74 Å². The van der Waals surface area contributed by atoms with Crippen molar-refractivity contribution < 1.29 is 17.9 Å². The monoisotopic (exact) mass is 406 g/mol. The molecule has 0 unspecified atom stereocenters. The van der Waals surface area contributed by atoms with Crippen molar-refractivity contribution in [2.24, 2.45) is 0 Å². The van der Waals surface area contributed by atoms with Crippen LogP contribution in [0.1, 0.15) is 37.3 Å². The van der Waals surface area contributed by atoms with Crippen molar-refractivity contribution in [1.82, 2.24) is 0 Å². The van der Waals surface area contributed by atoms with Gasteiger partial charge in [-0.3, -0.25) is 4.79 Å². The highest BCUT2D eigenvalue weighted by Crippen LogP contribution is 2.38. The first-order valence-electron chi connectivity index (χ1n) is 9.16. The predicted octanol–water partition coefficient (Wildman–Crippen LogP) is 6.69. The molecule has 0 aliphatic carbocycles. The van der Waals surface area contributed by atoms with E-state index in [1.165, 1.54) is 25.3 Å². The third kappa shape index (κ3) is 4.38. The minimum Gasteiger partial charge on any atom is -0.497 e. The standard InChI is InChI=1S/C22H21F3O2S/c1-3-4-5-6-14-7-10-17(19(11-14)22(23,24)25)18-12-15-8-9-16(27-2)13-20(15)28-21(18)26/h7-13H,3-6H2,1-2H3. The van der Waals surface area contributed by atoms with Crippen LogP contribution in [-0.4, -0.2) is 7.11 Å². The molecule has 3 rings (SSSR count). The first-order chi connectivity index (χ1) is 13.3. The summed E-state index contributed by atoms with van der Waals surface area (Å²) in [5.74, 6) is 0.600. The third-order valence-corrected chi connectivity index (χ3v) is 5.67. The molecule has 0 aliphatic heterocycles. The van der Waals surface area contributed by atoms with Gasteiger partial charge in [-0.25, -0.2) is 0 Å². The van der Waals surface area contributed by atoms with Crippen molar-refractivity contribution in [3.05, 3.63) is 63.1 Å². The van der Waals surface area contributed by atoms with Gasteiger partial charge in [-0.05, 0) is 59.7 Å². The number of methoxy groups -OCH3 is 1. The summed E-state index contributed by atoms with van der Waals surface area (Å²) in [6.45, 7) is 2.05. The maximum Gasteiger partial charge on any atom is 0.417 e. The Labute approximate surface area is 165 Å². The van der Waals surface area contributed by atoms with Crippen LogP contribution >= 0.6 is 11.3 Å². The summed E-state index contributed by atoms with van der Waals surface area (Å²) < 4.78 is 46.6. The number of rotatable bonds is 6. The maximum absolute atomic E-state index is 13.7. The van der Waals surface area contributed by atoms with E-state index in [-0.39, 0.29) is 11.1 Å². The third-order valence-electron chi connectivity index (χ3n) is 4.69. The fourth-order valence-electron chi connectivity index (χ4n) is 3.20. The minimum absolute atomic E-state index is 0.0642. The molecule has 1 heterocycles. The van der Waals surface area contributed by atoms with Crippen molar-refractivity contribution >= 4 is 21.4 Å². The van der Waals surface area contributed by atoms with Gasteiger partial charge in [0.25, 0.3) is 0 Å². The molecule has 0 bridgehead atoms. The number of halogens is 3. The van der Waals surface area contributed by atoms with E-state index in [1.807, 2.05) is 0 Å². The SMILES string of the molecule is CCCCCc1ccc(-c2cc3ccc(OC)cc3sc2=O)c(C(F)(F)F)c1. The first kappa shape index (κ1) is 20.4. The maximum atomic E-state index is 13.7. The van der Waals surface area contributed by atoms with Gasteiger partial charge in [0.2, 0.25) is 4.74 Å². The second-order valence-corrected chi connectivity index (χ2v) is 7.70. The van der Waals surface area contributed by atoms with E-state index in [2.05, 4.69) is 6.92 Å². The molecule has 0 N–H and O–H groups in total. The Morgan fingerprint density at radius 1 is 1.00 bits per heavy atom. The molecule has 6 heteroatoms. The minimum atomic E-state index is -4.53. The van der Waals surface area contributed by atoms with Crippen molar-refractivity contribution in [3.63, 3.8) is 0 Å². The summed E-state index contributed by atoms with van der Waals surface area (Å²) in [5, 5.41) is 0.709. The number of ether oxygens (including phenoxy) is 1. The zero-order valence-corrected chi connectivity index (χ0v) is 16.5. The zero-order chi connectivity index (χ0) is 20.3. The van der Waals surface area contributed by atoms with E-state index in [0.29, 0.717) is 27.8 Å². The fraction of sp³-hybridized carbons (Fsp3) is 0.318. The van der Waals surface area contributed by atoms with Gasteiger partial charge in [-0.1, -0.05) is 43.2 Å². The number of hydrogen-bond acceptors (Lipinski definition) is 3. The van der Waals surface area contributed by atoms with Crippen LogP contribution < -0.4 is 9.48 Å². The van der Waals surface area contributed by atoms with Gasteiger partial charge in [-0.15, -0.1) is 0 Å². The van der Waals surface area contributed by atoms with Crippen molar-refractivity contribution in [2.45, 2.75) is 38.8 Å². The molecule has 2 nitrogen and oxygen atoms in total. The van der Waals surface area contributed by atoms with E-state index >= 15 is 0 Å². The van der Waals surface area contributed by atoms with Gasteiger partial charge < -0.3 is 4.74 Å². The molecule has 148 valence electrons. The summed E-state index contributed by atoms with van der Waals surface area (Å²) >= 11 is 0.930. The Bertz CT molecular complexity index is 1040. The Kier molecular flexibility index (Phi) is 6.08. The highest BCUT2D eigenvalue weighted by atomic mass is 32.1. The lowest BCUT2D eigenvalue weighted by Gasteiger charge is -2.15. The van der Waals surface area contributed by atoms with Crippen LogP contribution in [0.3, 0.4) is 0 Å². The predicted molar refractivity (Wildman–Crippen MR) is 108 cm³/mol. The number of aryl methyl sites for hydroxylation is 1. The second kappa shape index (κ2) is 8.35. The number of alkyl halides is 3. The Balaban J connectivity index is 2.11. The number of hydrogen-bond donors (Lipinski definition) is 0. The smallest absolute Gasteiger partial charge is 0.417 e. The number of unbranched alkanes of at least 4 members (excludes halogenated alkanes) is 2. The van der Waals surface area contributed by atoms with Gasteiger partial charge in [-0.2, -0.15) is 13.2 Å². The lowest BCUT2D eigenvalue weighted by Crippen LogP contribution is -2.11. The molecule has 28 heavy (non-hydrogen) atoms. The van der Waals surface area contributed by atoms with E-state index in [9.17, 15) is 18.0 Å². The molecule has 0 radical (unpaired) electrons. The molecule has 2 aromatic carbocycles. The quantitative estimate of drug-likeness (QED) is 0.426. The highest BCUT2D eigenvalue weighted by Gasteiger charge is 2.34.